The monoisotopic (exact) mass is 488 g/mol. The summed E-state index contributed by atoms with van der Waals surface area (Å²) in [6.45, 7) is 1.34. The Balaban J connectivity index is 0.955. The van der Waals surface area contributed by atoms with E-state index in [0.717, 1.165) is 75.6 Å². The predicted molar refractivity (Wildman–Crippen MR) is 148 cm³/mol. The molecule has 2 aromatic heterocycles. The molecule has 0 fully saturated rings. The van der Waals surface area contributed by atoms with Crippen LogP contribution in [0.4, 0.5) is 0 Å². The smallest absolute Gasteiger partial charge is 0.138 e. The lowest BCUT2D eigenvalue weighted by atomic mass is 10.2. The molecule has 0 saturated carbocycles. The van der Waals surface area contributed by atoms with Gasteiger partial charge < -0.3 is 19.4 Å². The maximum absolute atomic E-state index is 6.00. The van der Waals surface area contributed by atoms with Crippen molar-refractivity contribution < 1.29 is 9.47 Å². The van der Waals surface area contributed by atoms with E-state index in [-0.39, 0.29) is 0 Å². The number of hydrogen-bond donors (Lipinski definition) is 2. The SMILES string of the molecule is c1cc(OCCCCCOc2cccc(-c3nc4ccccc4[nH]3)c2)cc(-c2nc3ccccc3[nH]2)c1. The molecule has 6 heteroatoms. The lowest BCUT2D eigenvalue weighted by Crippen LogP contribution is -2.01. The summed E-state index contributed by atoms with van der Waals surface area (Å²) in [5, 5.41) is 0. The Morgan fingerprint density at radius 2 is 1.00 bits per heavy atom. The number of unbranched alkanes of at least 4 members (excludes halogenated alkanes) is 2. The van der Waals surface area contributed by atoms with Gasteiger partial charge >= 0.3 is 0 Å². The first kappa shape index (κ1) is 22.9. The minimum atomic E-state index is 0.672. The van der Waals surface area contributed by atoms with E-state index >= 15 is 0 Å². The topological polar surface area (TPSA) is 75.8 Å². The Kier molecular flexibility index (Phi) is 6.54. The first-order valence-corrected chi connectivity index (χ1v) is 12.7. The normalized spacial score (nSPS) is 11.2. The van der Waals surface area contributed by atoms with Crippen molar-refractivity contribution in [3.05, 3.63) is 97.1 Å². The highest BCUT2D eigenvalue weighted by Gasteiger charge is 2.07. The van der Waals surface area contributed by atoms with Crippen LogP contribution in [0.25, 0.3) is 44.8 Å². The number of fused-ring (bicyclic) bond motifs is 2. The Morgan fingerprint density at radius 1 is 0.514 bits per heavy atom. The standard InChI is InChI=1S/C31H28N4O2/c1(6-18-36-24-12-8-10-22(20-24)30-32-26-14-2-3-15-27(26)33-30)7-19-37-25-13-9-11-23(21-25)31-34-28-16-4-5-17-29(28)35-31/h2-5,8-17,20-21H,1,6-7,18-19H2,(H,32,33)(H,34,35). The van der Waals surface area contributed by atoms with Crippen molar-refractivity contribution in [1.29, 1.82) is 0 Å². The second-order valence-electron chi connectivity index (χ2n) is 9.02. The van der Waals surface area contributed by atoms with Crippen molar-refractivity contribution in [3.63, 3.8) is 0 Å². The van der Waals surface area contributed by atoms with Crippen molar-refractivity contribution >= 4 is 22.1 Å². The van der Waals surface area contributed by atoms with E-state index in [1.165, 1.54) is 0 Å². The highest BCUT2D eigenvalue weighted by Crippen LogP contribution is 2.25. The quantitative estimate of drug-likeness (QED) is 0.197. The molecule has 4 aromatic carbocycles. The number of aromatic nitrogens is 4. The van der Waals surface area contributed by atoms with Gasteiger partial charge in [0.2, 0.25) is 0 Å². The zero-order valence-electron chi connectivity index (χ0n) is 20.5. The maximum atomic E-state index is 6.00. The molecule has 184 valence electrons. The number of aromatic amines is 2. The second kappa shape index (κ2) is 10.6. The minimum absolute atomic E-state index is 0.672. The molecule has 0 unspecified atom stereocenters. The van der Waals surface area contributed by atoms with E-state index in [1.807, 2.05) is 97.1 Å². The molecule has 0 aliphatic rings. The third kappa shape index (κ3) is 5.33. The highest BCUT2D eigenvalue weighted by molar-refractivity contribution is 5.80. The molecule has 0 aliphatic carbocycles. The van der Waals surface area contributed by atoms with Gasteiger partial charge in [-0.15, -0.1) is 0 Å². The van der Waals surface area contributed by atoms with Crippen LogP contribution in [0.5, 0.6) is 11.5 Å². The van der Waals surface area contributed by atoms with Crippen LogP contribution in [0.3, 0.4) is 0 Å². The van der Waals surface area contributed by atoms with Crippen LogP contribution in [-0.2, 0) is 0 Å². The summed E-state index contributed by atoms with van der Waals surface area (Å²) in [5.74, 6) is 3.43. The minimum Gasteiger partial charge on any atom is -0.494 e. The molecule has 0 bridgehead atoms. The van der Waals surface area contributed by atoms with Crippen molar-refractivity contribution in [1.82, 2.24) is 19.9 Å². The summed E-state index contributed by atoms with van der Waals surface area (Å²) < 4.78 is 12.0. The lowest BCUT2D eigenvalue weighted by Gasteiger charge is -2.09. The van der Waals surface area contributed by atoms with Crippen LogP contribution >= 0.6 is 0 Å². The number of hydrogen-bond acceptors (Lipinski definition) is 4. The number of benzene rings is 4. The Morgan fingerprint density at radius 3 is 1.49 bits per heavy atom. The van der Waals surface area contributed by atoms with E-state index in [2.05, 4.69) is 19.9 Å². The molecular formula is C31H28N4O2. The van der Waals surface area contributed by atoms with Crippen LogP contribution in [0.15, 0.2) is 97.1 Å². The van der Waals surface area contributed by atoms with E-state index in [0.29, 0.717) is 13.2 Å². The molecular weight excluding hydrogens is 460 g/mol. The van der Waals surface area contributed by atoms with Gasteiger partial charge in [-0.1, -0.05) is 48.5 Å². The fraction of sp³-hybridized carbons (Fsp3) is 0.161. The van der Waals surface area contributed by atoms with E-state index in [9.17, 15) is 0 Å². The summed E-state index contributed by atoms with van der Waals surface area (Å²) in [4.78, 5) is 16.1. The predicted octanol–water partition coefficient (Wildman–Crippen LogP) is 7.40. The number of ether oxygens (including phenoxy) is 2. The second-order valence-corrected chi connectivity index (χ2v) is 9.02. The van der Waals surface area contributed by atoms with Crippen molar-refractivity contribution in [2.75, 3.05) is 13.2 Å². The summed E-state index contributed by atoms with van der Waals surface area (Å²) in [5.41, 5.74) is 6.04. The summed E-state index contributed by atoms with van der Waals surface area (Å²) in [7, 11) is 0. The van der Waals surface area contributed by atoms with Crippen LogP contribution in [-0.4, -0.2) is 33.1 Å². The average molecular weight is 489 g/mol. The van der Waals surface area contributed by atoms with E-state index in [4.69, 9.17) is 9.47 Å². The Bertz CT molecular complexity index is 1450. The largest absolute Gasteiger partial charge is 0.494 e. The van der Waals surface area contributed by atoms with Crippen LogP contribution in [0.1, 0.15) is 19.3 Å². The van der Waals surface area contributed by atoms with Crippen LogP contribution in [0, 0.1) is 0 Å². The molecule has 0 spiro atoms. The Labute approximate surface area is 215 Å². The van der Waals surface area contributed by atoms with Gasteiger partial charge in [0.05, 0.1) is 35.3 Å². The van der Waals surface area contributed by atoms with Gasteiger partial charge in [-0.2, -0.15) is 0 Å². The van der Waals surface area contributed by atoms with Crippen molar-refractivity contribution in [3.8, 4) is 34.3 Å². The van der Waals surface area contributed by atoms with Gasteiger partial charge in [0.15, 0.2) is 0 Å². The molecule has 2 N–H and O–H groups in total. The Hall–Kier alpha value is -4.58. The van der Waals surface area contributed by atoms with E-state index in [1.54, 1.807) is 0 Å². The molecule has 6 nitrogen and oxygen atoms in total. The number of para-hydroxylation sites is 4. The zero-order chi connectivity index (χ0) is 24.9. The highest BCUT2D eigenvalue weighted by atomic mass is 16.5. The number of H-pyrrole nitrogens is 2. The summed E-state index contributed by atoms with van der Waals surface area (Å²) in [6.07, 6.45) is 2.97. The van der Waals surface area contributed by atoms with Crippen molar-refractivity contribution in [2.45, 2.75) is 19.3 Å². The first-order valence-electron chi connectivity index (χ1n) is 12.7. The molecule has 6 aromatic rings. The molecule has 0 atom stereocenters. The third-order valence-corrected chi connectivity index (χ3v) is 6.32. The van der Waals surface area contributed by atoms with Gasteiger partial charge in [0.25, 0.3) is 0 Å². The molecule has 0 aliphatic heterocycles. The van der Waals surface area contributed by atoms with Gasteiger partial charge in [-0.3, -0.25) is 0 Å². The molecule has 2 heterocycles. The van der Waals surface area contributed by atoms with Gasteiger partial charge in [-0.25, -0.2) is 9.97 Å². The maximum Gasteiger partial charge on any atom is 0.138 e. The average Bonchev–Trinajstić information content (AvgIpc) is 3.58. The molecule has 0 saturated heterocycles. The number of nitrogens with zero attached hydrogens (tertiary/aromatic N) is 2. The summed E-state index contributed by atoms with van der Waals surface area (Å²) >= 11 is 0. The van der Waals surface area contributed by atoms with Gasteiger partial charge in [0.1, 0.15) is 23.1 Å². The first-order chi connectivity index (χ1) is 18.3. The molecule has 0 radical (unpaired) electrons. The third-order valence-electron chi connectivity index (χ3n) is 6.32. The van der Waals surface area contributed by atoms with Gasteiger partial charge in [-0.05, 0) is 67.8 Å². The number of nitrogens with one attached hydrogen (secondary N) is 2. The summed E-state index contributed by atoms with van der Waals surface area (Å²) in [6, 6.07) is 32.3. The van der Waals surface area contributed by atoms with Gasteiger partial charge in [0, 0.05) is 11.1 Å². The number of imidazole rings is 2. The zero-order valence-corrected chi connectivity index (χ0v) is 20.5. The van der Waals surface area contributed by atoms with Crippen molar-refractivity contribution in [2.24, 2.45) is 0 Å². The van der Waals surface area contributed by atoms with E-state index < -0.39 is 0 Å². The molecule has 6 rings (SSSR count). The fourth-order valence-corrected chi connectivity index (χ4v) is 4.41. The molecule has 37 heavy (non-hydrogen) atoms. The number of rotatable bonds is 10. The van der Waals surface area contributed by atoms with Crippen LogP contribution in [0.2, 0.25) is 0 Å². The van der Waals surface area contributed by atoms with Crippen LogP contribution < -0.4 is 9.47 Å². The molecule has 0 amide bonds. The lowest BCUT2D eigenvalue weighted by molar-refractivity contribution is 0.279. The fourth-order valence-electron chi connectivity index (χ4n) is 4.41.